The lowest BCUT2D eigenvalue weighted by Crippen LogP contribution is -2.25. The van der Waals surface area contributed by atoms with Crippen molar-refractivity contribution in [2.45, 2.75) is 27.7 Å². The summed E-state index contributed by atoms with van der Waals surface area (Å²) in [5, 5.41) is 13.6. The Kier molecular flexibility index (Phi) is 5.00. The van der Waals surface area contributed by atoms with Gasteiger partial charge in [-0.2, -0.15) is 0 Å². The first-order valence-electron chi connectivity index (χ1n) is 6.12. The van der Waals surface area contributed by atoms with Crippen LogP contribution in [-0.2, 0) is 0 Å². The fourth-order valence-corrected chi connectivity index (χ4v) is 1.96. The number of anilines is 1. The molecule has 0 spiro atoms. The molecule has 0 aliphatic heterocycles. The molecule has 0 atom stereocenters. The number of hydrogen-bond donors (Lipinski definition) is 1. The van der Waals surface area contributed by atoms with Crippen LogP contribution in [0.25, 0.3) is 0 Å². The van der Waals surface area contributed by atoms with Crippen molar-refractivity contribution >= 4 is 11.6 Å². The molecule has 1 N–H and O–H groups in total. The predicted octanol–water partition coefficient (Wildman–Crippen LogP) is 2.72. The highest BCUT2D eigenvalue weighted by atomic mass is 16.6. The van der Waals surface area contributed by atoms with Crippen LogP contribution in [0.5, 0.6) is 0 Å². The summed E-state index contributed by atoms with van der Waals surface area (Å²) in [6.07, 6.45) is 2.43. The molecular formula is C12H20N4O2. The van der Waals surface area contributed by atoms with Crippen LogP contribution in [0.1, 0.15) is 27.7 Å². The van der Waals surface area contributed by atoms with Gasteiger partial charge >= 0.3 is 5.69 Å². The second-order valence-corrected chi connectivity index (χ2v) is 5.05. The van der Waals surface area contributed by atoms with Crippen LogP contribution in [0.2, 0.25) is 0 Å². The Labute approximate surface area is 107 Å². The largest absolute Gasteiger partial charge is 0.354 e. The molecule has 1 aromatic heterocycles. The molecule has 0 unspecified atom stereocenters. The highest BCUT2D eigenvalue weighted by molar-refractivity contribution is 5.30. The Morgan fingerprint density at radius 1 is 1.22 bits per heavy atom. The summed E-state index contributed by atoms with van der Waals surface area (Å²) in [5.41, 5.74) is -0.0928. The summed E-state index contributed by atoms with van der Waals surface area (Å²) >= 11 is 0. The van der Waals surface area contributed by atoms with E-state index in [0.717, 1.165) is 6.54 Å². The van der Waals surface area contributed by atoms with Crippen LogP contribution >= 0.6 is 0 Å². The first-order chi connectivity index (χ1) is 8.41. The molecule has 0 bridgehead atoms. The molecule has 0 fully saturated rings. The maximum absolute atomic E-state index is 10.5. The Morgan fingerprint density at radius 2 is 1.72 bits per heavy atom. The standard InChI is InChI=1S/C12H20N4O2/c1-8(2)11(9(3)4)7-15-12-13-5-10(6-14-12)16(17)18/h5-6,8-9,11H,7H2,1-4H3,(H,13,14,15). The first-order valence-corrected chi connectivity index (χ1v) is 6.12. The Hall–Kier alpha value is -1.72. The molecule has 0 radical (unpaired) electrons. The lowest BCUT2D eigenvalue weighted by Gasteiger charge is -2.24. The van der Waals surface area contributed by atoms with Crippen molar-refractivity contribution in [1.29, 1.82) is 0 Å². The van der Waals surface area contributed by atoms with Gasteiger partial charge in [-0.1, -0.05) is 27.7 Å². The van der Waals surface area contributed by atoms with Crippen molar-refractivity contribution in [3.63, 3.8) is 0 Å². The zero-order valence-corrected chi connectivity index (χ0v) is 11.3. The second kappa shape index (κ2) is 6.28. The molecule has 6 nitrogen and oxygen atoms in total. The molecule has 1 aromatic rings. The van der Waals surface area contributed by atoms with Gasteiger partial charge in [-0.25, -0.2) is 9.97 Å². The molecule has 1 heterocycles. The molecule has 18 heavy (non-hydrogen) atoms. The average molecular weight is 252 g/mol. The Morgan fingerprint density at radius 3 is 2.11 bits per heavy atom. The molecule has 0 saturated heterocycles. The van der Waals surface area contributed by atoms with E-state index in [1.165, 1.54) is 12.4 Å². The van der Waals surface area contributed by atoms with E-state index < -0.39 is 4.92 Å². The monoisotopic (exact) mass is 252 g/mol. The highest BCUT2D eigenvalue weighted by Crippen LogP contribution is 2.20. The van der Waals surface area contributed by atoms with Crippen LogP contribution in [0.15, 0.2) is 12.4 Å². The van der Waals surface area contributed by atoms with E-state index in [1.54, 1.807) is 0 Å². The van der Waals surface area contributed by atoms with Gasteiger partial charge in [0.25, 0.3) is 0 Å². The van der Waals surface area contributed by atoms with E-state index in [9.17, 15) is 10.1 Å². The SMILES string of the molecule is CC(C)C(CNc1ncc([N+](=O)[O-])cn1)C(C)C. The molecule has 100 valence electrons. The topological polar surface area (TPSA) is 81.0 Å². The van der Waals surface area contributed by atoms with Crippen LogP contribution < -0.4 is 5.32 Å². The van der Waals surface area contributed by atoms with Gasteiger partial charge in [0.05, 0.1) is 4.92 Å². The van der Waals surface area contributed by atoms with Crippen molar-refractivity contribution in [2.24, 2.45) is 17.8 Å². The summed E-state index contributed by atoms with van der Waals surface area (Å²) in [4.78, 5) is 17.8. The molecule has 6 heteroatoms. The normalized spacial score (nSPS) is 11.3. The van der Waals surface area contributed by atoms with Crippen molar-refractivity contribution in [2.75, 3.05) is 11.9 Å². The third-order valence-electron chi connectivity index (χ3n) is 3.06. The number of nitrogens with zero attached hydrogens (tertiary/aromatic N) is 3. The predicted molar refractivity (Wildman–Crippen MR) is 70.3 cm³/mol. The quantitative estimate of drug-likeness (QED) is 0.622. The van der Waals surface area contributed by atoms with Gasteiger partial charge in [0, 0.05) is 6.54 Å². The second-order valence-electron chi connectivity index (χ2n) is 5.05. The lowest BCUT2D eigenvalue weighted by molar-refractivity contribution is -0.385. The van der Waals surface area contributed by atoms with Crippen molar-refractivity contribution in [3.8, 4) is 0 Å². The van der Waals surface area contributed by atoms with Gasteiger partial charge in [-0.15, -0.1) is 0 Å². The van der Waals surface area contributed by atoms with E-state index >= 15 is 0 Å². The minimum atomic E-state index is -0.505. The van der Waals surface area contributed by atoms with Crippen LogP contribution in [0.3, 0.4) is 0 Å². The van der Waals surface area contributed by atoms with E-state index in [-0.39, 0.29) is 5.69 Å². The molecule has 0 aromatic carbocycles. The van der Waals surface area contributed by atoms with Gasteiger partial charge in [-0.05, 0) is 17.8 Å². The van der Waals surface area contributed by atoms with Gasteiger partial charge < -0.3 is 5.32 Å². The van der Waals surface area contributed by atoms with Crippen molar-refractivity contribution < 1.29 is 4.92 Å². The molecule has 0 saturated carbocycles. The smallest absolute Gasteiger partial charge is 0.305 e. The summed E-state index contributed by atoms with van der Waals surface area (Å²) in [6, 6.07) is 0. The molecular weight excluding hydrogens is 232 g/mol. The fourth-order valence-electron chi connectivity index (χ4n) is 1.96. The van der Waals surface area contributed by atoms with E-state index in [4.69, 9.17) is 0 Å². The summed E-state index contributed by atoms with van der Waals surface area (Å²) < 4.78 is 0. The van der Waals surface area contributed by atoms with Gasteiger partial charge in [0.15, 0.2) is 0 Å². The molecule has 0 aliphatic rings. The van der Waals surface area contributed by atoms with E-state index in [1.807, 2.05) is 0 Å². The van der Waals surface area contributed by atoms with Crippen LogP contribution in [0, 0.1) is 27.9 Å². The lowest BCUT2D eigenvalue weighted by atomic mass is 9.85. The van der Waals surface area contributed by atoms with Crippen LogP contribution in [-0.4, -0.2) is 21.4 Å². The van der Waals surface area contributed by atoms with E-state index in [2.05, 4.69) is 43.0 Å². The molecule has 1 rings (SSSR count). The minimum absolute atomic E-state index is 0.0928. The summed E-state index contributed by atoms with van der Waals surface area (Å²) in [6.45, 7) is 9.51. The zero-order valence-electron chi connectivity index (χ0n) is 11.3. The fraction of sp³-hybridized carbons (Fsp3) is 0.667. The van der Waals surface area contributed by atoms with Gasteiger partial charge in [-0.3, -0.25) is 10.1 Å². The Bertz CT molecular complexity index is 382. The minimum Gasteiger partial charge on any atom is -0.354 e. The number of nitrogens with one attached hydrogen (secondary N) is 1. The van der Waals surface area contributed by atoms with Gasteiger partial charge in [0.2, 0.25) is 5.95 Å². The van der Waals surface area contributed by atoms with Crippen LogP contribution in [0.4, 0.5) is 11.6 Å². The van der Waals surface area contributed by atoms with Crippen molar-refractivity contribution in [1.82, 2.24) is 9.97 Å². The maximum atomic E-state index is 10.5. The molecule has 0 aliphatic carbocycles. The zero-order chi connectivity index (χ0) is 13.7. The third kappa shape index (κ3) is 3.94. The number of nitro groups is 1. The third-order valence-corrected chi connectivity index (χ3v) is 3.06. The summed E-state index contributed by atoms with van der Waals surface area (Å²) in [5.74, 6) is 2.08. The molecule has 0 amide bonds. The maximum Gasteiger partial charge on any atom is 0.305 e. The van der Waals surface area contributed by atoms with Gasteiger partial charge in [0.1, 0.15) is 12.4 Å². The number of hydrogen-bond acceptors (Lipinski definition) is 5. The van der Waals surface area contributed by atoms with Crippen molar-refractivity contribution in [3.05, 3.63) is 22.5 Å². The summed E-state index contributed by atoms with van der Waals surface area (Å²) in [7, 11) is 0. The Balaban J connectivity index is 2.60. The average Bonchev–Trinajstić information content (AvgIpc) is 2.28. The van der Waals surface area contributed by atoms with E-state index in [0.29, 0.717) is 23.7 Å². The highest BCUT2D eigenvalue weighted by Gasteiger charge is 2.17. The first kappa shape index (κ1) is 14.3. The number of aromatic nitrogens is 2. The number of rotatable bonds is 6.